The molecule has 0 bridgehead atoms. The van der Waals surface area contributed by atoms with Crippen molar-refractivity contribution < 1.29 is 0 Å². The van der Waals surface area contributed by atoms with Gasteiger partial charge in [0.1, 0.15) is 0 Å². The molecule has 0 saturated carbocycles. The van der Waals surface area contributed by atoms with E-state index in [0.717, 1.165) is 19.6 Å². The average molecular weight is 152 g/mol. The van der Waals surface area contributed by atoms with E-state index in [1.54, 1.807) is 0 Å². The van der Waals surface area contributed by atoms with Crippen LogP contribution in [0.15, 0.2) is 0 Å². The highest BCUT2D eigenvalue weighted by Gasteiger charge is 2.15. The van der Waals surface area contributed by atoms with Crippen molar-refractivity contribution in [3.8, 4) is 12.3 Å². The van der Waals surface area contributed by atoms with E-state index in [2.05, 4.69) is 16.1 Å². The van der Waals surface area contributed by atoms with Crippen molar-refractivity contribution in [1.29, 1.82) is 0 Å². The second-order valence-electron chi connectivity index (χ2n) is 3.04. The van der Waals surface area contributed by atoms with E-state index < -0.39 is 0 Å². The molecule has 0 aliphatic carbocycles. The smallest absolute Gasteiger partial charge is 0.0598 e. The molecule has 0 aromatic carbocycles. The largest absolute Gasteiger partial charge is 0.317 e. The molecule has 11 heavy (non-hydrogen) atoms. The number of rotatable bonds is 2. The van der Waals surface area contributed by atoms with Crippen LogP contribution in [0.5, 0.6) is 0 Å². The summed E-state index contributed by atoms with van der Waals surface area (Å²) < 4.78 is 0. The molecule has 0 unspecified atom stereocenters. The minimum Gasteiger partial charge on any atom is -0.317 e. The second-order valence-corrected chi connectivity index (χ2v) is 3.04. The van der Waals surface area contributed by atoms with E-state index in [9.17, 15) is 0 Å². The third-order valence-corrected chi connectivity index (χ3v) is 2.31. The molecule has 1 rings (SSSR count). The van der Waals surface area contributed by atoms with Crippen molar-refractivity contribution in [2.24, 2.45) is 0 Å². The van der Waals surface area contributed by atoms with Gasteiger partial charge < -0.3 is 5.32 Å². The molecule has 1 saturated heterocycles. The van der Waals surface area contributed by atoms with Crippen LogP contribution in [0.25, 0.3) is 0 Å². The third-order valence-electron chi connectivity index (χ3n) is 2.31. The van der Waals surface area contributed by atoms with Gasteiger partial charge in [0, 0.05) is 19.1 Å². The normalized spacial score (nSPS) is 21.5. The lowest BCUT2D eigenvalue weighted by atomic mass is 10.1. The van der Waals surface area contributed by atoms with Crippen LogP contribution in [0.4, 0.5) is 0 Å². The summed E-state index contributed by atoms with van der Waals surface area (Å²) in [7, 11) is 2.03. The van der Waals surface area contributed by atoms with E-state index in [1.807, 2.05) is 7.05 Å². The summed E-state index contributed by atoms with van der Waals surface area (Å²) in [5.74, 6) is 2.68. The first kappa shape index (κ1) is 8.58. The lowest BCUT2D eigenvalue weighted by molar-refractivity contribution is 0.223. The molecule has 1 heterocycles. The molecule has 0 aromatic rings. The first-order chi connectivity index (χ1) is 5.36. The van der Waals surface area contributed by atoms with Crippen LogP contribution in [-0.2, 0) is 0 Å². The summed E-state index contributed by atoms with van der Waals surface area (Å²) in [6.45, 7) is 3.11. The SMILES string of the molecule is C#CCN1CCC(NC)CC1. The maximum Gasteiger partial charge on any atom is 0.0598 e. The Morgan fingerprint density at radius 3 is 2.64 bits per heavy atom. The third kappa shape index (κ3) is 2.53. The summed E-state index contributed by atoms with van der Waals surface area (Å²) >= 11 is 0. The van der Waals surface area contributed by atoms with E-state index >= 15 is 0 Å². The minimum absolute atomic E-state index is 0.712. The van der Waals surface area contributed by atoms with E-state index in [1.165, 1.54) is 12.8 Å². The van der Waals surface area contributed by atoms with Crippen LogP contribution in [0.1, 0.15) is 12.8 Å². The minimum atomic E-state index is 0.712. The van der Waals surface area contributed by atoms with Crippen molar-refractivity contribution in [2.75, 3.05) is 26.7 Å². The second kappa shape index (κ2) is 4.38. The summed E-state index contributed by atoms with van der Waals surface area (Å²) in [6.07, 6.45) is 7.69. The zero-order chi connectivity index (χ0) is 8.10. The summed E-state index contributed by atoms with van der Waals surface area (Å²) in [6, 6.07) is 0.712. The lowest BCUT2D eigenvalue weighted by Gasteiger charge is -2.30. The average Bonchev–Trinajstić information content (AvgIpc) is 2.07. The van der Waals surface area contributed by atoms with Crippen molar-refractivity contribution in [3.63, 3.8) is 0 Å². The predicted octanol–water partition coefficient (Wildman–Crippen LogP) is 0.303. The standard InChI is InChI=1S/C9H16N2/c1-3-6-11-7-4-9(10-2)5-8-11/h1,9-10H,4-8H2,2H3. The van der Waals surface area contributed by atoms with Gasteiger partial charge in [0.25, 0.3) is 0 Å². The number of piperidine rings is 1. The Morgan fingerprint density at radius 2 is 2.18 bits per heavy atom. The van der Waals surface area contributed by atoms with Gasteiger partial charge in [-0.25, -0.2) is 0 Å². The number of nitrogens with one attached hydrogen (secondary N) is 1. The molecule has 0 atom stereocenters. The van der Waals surface area contributed by atoms with Crippen LogP contribution in [0.2, 0.25) is 0 Å². The maximum atomic E-state index is 5.22. The Morgan fingerprint density at radius 1 is 1.55 bits per heavy atom. The van der Waals surface area contributed by atoms with Crippen LogP contribution < -0.4 is 5.32 Å². The highest BCUT2D eigenvalue weighted by molar-refractivity contribution is 4.90. The summed E-state index contributed by atoms with van der Waals surface area (Å²) in [4.78, 5) is 2.33. The zero-order valence-corrected chi connectivity index (χ0v) is 7.14. The topological polar surface area (TPSA) is 15.3 Å². The monoisotopic (exact) mass is 152 g/mol. The molecule has 1 N–H and O–H groups in total. The van der Waals surface area contributed by atoms with Gasteiger partial charge in [-0.1, -0.05) is 5.92 Å². The van der Waals surface area contributed by atoms with Crippen LogP contribution in [0.3, 0.4) is 0 Å². The molecule has 62 valence electrons. The highest BCUT2D eigenvalue weighted by Crippen LogP contribution is 2.08. The predicted molar refractivity (Wildman–Crippen MR) is 47.4 cm³/mol. The molecular formula is C9H16N2. The van der Waals surface area contributed by atoms with Gasteiger partial charge in [-0.05, 0) is 19.9 Å². The molecule has 1 aliphatic rings. The molecule has 1 fully saturated rings. The molecule has 0 radical (unpaired) electrons. The Balaban J connectivity index is 2.20. The molecule has 0 amide bonds. The number of hydrogen-bond donors (Lipinski definition) is 1. The summed E-state index contributed by atoms with van der Waals surface area (Å²) in [5, 5.41) is 3.29. The fourth-order valence-corrected chi connectivity index (χ4v) is 1.51. The molecule has 2 heteroatoms. The van der Waals surface area contributed by atoms with Gasteiger partial charge in [-0.2, -0.15) is 0 Å². The molecule has 0 spiro atoms. The number of nitrogens with zero attached hydrogens (tertiary/aromatic N) is 1. The molecule has 1 aliphatic heterocycles. The maximum absolute atomic E-state index is 5.22. The van der Waals surface area contributed by atoms with Crippen molar-refractivity contribution in [2.45, 2.75) is 18.9 Å². The van der Waals surface area contributed by atoms with Gasteiger partial charge in [0.05, 0.1) is 6.54 Å². The van der Waals surface area contributed by atoms with E-state index in [-0.39, 0.29) is 0 Å². The van der Waals surface area contributed by atoms with Crippen LogP contribution in [0, 0.1) is 12.3 Å². The Labute approximate surface area is 69.0 Å². The number of hydrogen-bond acceptors (Lipinski definition) is 2. The Hall–Kier alpha value is -0.520. The van der Waals surface area contributed by atoms with E-state index in [4.69, 9.17) is 6.42 Å². The number of terminal acetylenes is 1. The molecule has 0 aromatic heterocycles. The zero-order valence-electron chi connectivity index (χ0n) is 7.14. The first-order valence-corrected chi connectivity index (χ1v) is 4.20. The fraction of sp³-hybridized carbons (Fsp3) is 0.778. The summed E-state index contributed by atoms with van der Waals surface area (Å²) in [5.41, 5.74) is 0. The molecule has 2 nitrogen and oxygen atoms in total. The van der Waals surface area contributed by atoms with E-state index in [0.29, 0.717) is 6.04 Å². The van der Waals surface area contributed by atoms with Crippen molar-refractivity contribution in [3.05, 3.63) is 0 Å². The number of likely N-dealkylation sites (tertiary alicyclic amines) is 1. The Kier molecular flexibility index (Phi) is 3.41. The van der Waals surface area contributed by atoms with Gasteiger partial charge in [0.2, 0.25) is 0 Å². The fourth-order valence-electron chi connectivity index (χ4n) is 1.51. The van der Waals surface area contributed by atoms with Gasteiger partial charge in [0.15, 0.2) is 0 Å². The van der Waals surface area contributed by atoms with Crippen LogP contribution >= 0.6 is 0 Å². The quantitative estimate of drug-likeness (QED) is 0.573. The lowest BCUT2D eigenvalue weighted by Crippen LogP contribution is -2.41. The van der Waals surface area contributed by atoms with Crippen LogP contribution in [-0.4, -0.2) is 37.6 Å². The Bertz CT molecular complexity index is 140. The van der Waals surface area contributed by atoms with Gasteiger partial charge in [-0.15, -0.1) is 6.42 Å². The first-order valence-electron chi connectivity index (χ1n) is 4.20. The molecular weight excluding hydrogens is 136 g/mol. The van der Waals surface area contributed by atoms with Gasteiger partial charge in [-0.3, -0.25) is 4.90 Å². The highest BCUT2D eigenvalue weighted by atomic mass is 15.1. The van der Waals surface area contributed by atoms with Gasteiger partial charge >= 0.3 is 0 Å². The van der Waals surface area contributed by atoms with Crippen molar-refractivity contribution >= 4 is 0 Å². The van der Waals surface area contributed by atoms with Crippen molar-refractivity contribution in [1.82, 2.24) is 10.2 Å².